The molecule has 1 aliphatic heterocycles. The van der Waals surface area contributed by atoms with Crippen LogP contribution in [0.4, 0.5) is 0 Å². The molecule has 1 saturated heterocycles. The van der Waals surface area contributed by atoms with Crippen molar-refractivity contribution >= 4 is 5.65 Å². The lowest BCUT2D eigenvalue weighted by atomic mass is 10.2. The third-order valence-electron chi connectivity index (χ3n) is 3.81. The maximum absolute atomic E-state index is 12.6. The van der Waals surface area contributed by atoms with Crippen LogP contribution in [0.15, 0.2) is 53.6 Å². The van der Waals surface area contributed by atoms with Crippen molar-refractivity contribution in [3.05, 3.63) is 59.3 Å². The summed E-state index contributed by atoms with van der Waals surface area (Å²) in [5.41, 5.74) is 1.99. The molecule has 0 radical (unpaired) electrons. The molecule has 7 heteroatoms. The van der Waals surface area contributed by atoms with E-state index in [9.17, 15) is 4.79 Å². The maximum atomic E-state index is 12.6. The van der Waals surface area contributed by atoms with Crippen LogP contribution in [-0.2, 0) is 9.47 Å². The molecule has 2 unspecified atom stereocenters. The Morgan fingerprint density at radius 3 is 2.83 bits per heavy atom. The highest BCUT2D eigenvalue weighted by Gasteiger charge is 2.27. The first-order valence-corrected chi connectivity index (χ1v) is 7.30. The molecule has 1 aliphatic rings. The van der Waals surface area contributed by atoms with E-state index in [0.717, 1.165) is 11.3 Å². The predicted molar refractivity (Wildman–Crippen MR) is 81.8 cm³/mol. The highest BCUT2D eigenvalue weighted by Crippen LogP contribution is 2.21. The number of ether oxygens (including phenoxy) is 2. The summed E-state index contributed by atoms with van der Waals surface area (Å²) in [4.78, 5) is 17.1. The Kier molecular flexibility index (Phi) is 3.45. The van der Waals surface area contributed by atoms with Crippen LogP contribution in [0, 0.1) is 0 Å². The minimum Gasteiger partial charge on any atom is -0.391 e. The van der Waals surface area contributed by atoms with Gasteiger partial charge in [-0.25, -0.2) is 9.78 Å². The van der Waals surface area contributed by atoms with Crippen molar-refractivity contribution in [2.45, 2.75) is 12.5 Å². The number of fused-ring (bicyclic) bond motifs is 1. The molecule has 4 rings (SSSR count). The molecule has 2 atom stereocenters. The number of aromatic nitrogens is 3. The second-order valence-corrected chi connectivity index (χ2v) is 5.26. The lowest BCUT2D eigenvalue weighted by Gasteiger charge is -2.12. The van der Waals surface area contributed by atoms with Crippen LogP contribution in [0.25, 0.3) is 16.9 Å². The van der Waals surface area contributed by atoms with Crippen LogP contribution in [0.1, 0.15) is 6.23 Å². The number of imidazole rings is 1. The largest absolute Gasteiger partial charge is 0.391 e. The fraction of sp³-hybridized carbons (Fsp3) is 0.250. The zero-order chi connectivity index (χ0) is 15.8. The third-order valence-corrected chi connectivity index (χ3v) is 3.81. The van der Waals surface area contributed by atoms with Crippen LogP contribution in [0.5, 0.6) is 0 Å². The van der Waals surface area contributed by atoms with E-state index in [1.165, 1.54) is 8.97 Å². The molecule has 7 nitrogen and oxygen atoms in total. The summed E-state index contributed by atoms with van der Waals surface area (Å²) in [7, 11) is 0. The van der Waals surface area contributed by atoms with E-state index in [2.05, 4.69) is 4.98 Å². The van der Waals surface area contributed by atoms with Gasteiger partial charge in [-0.15, -0.1) is 0 Å². The van der Waals surface area contributed by atoms with Gasteiger partial charge in [0, 0.05) is 18.0 Å². The topological polar surface area (TPSA) is 78.0 Å². The van der Waals surface area contributed by atoms with E-state index in [0.29, 0.717) is 5.65 Å². The molecule has 0 aliphatic carbocycles. The second-order valence-electron chi connectivity index (χ2n) is 5.26. The molecule has 3 aromatic rings. The van der Waals surface area contributed by atoms with Crippen LogP contribution in [0.2, 0.25) is 0 Å². The van der Waals surface area contributed by atoms with Crippen LogP contribution in [0.3, 0.4) is 0 Å². The number of hydrogen-bond acceptors (Lipinski definition) is 5. The Balaban J connectivity index is 1.76. The van der Waals surface area contributed by atoms with Gasteiger partial charge in [-0.1, -0.05) is 30.3 Å². The number of hydrogen-bond donors (Lipinski definition) is 1. The summed E-state index contributed by atoms with van der Waals surface area (Å²) in [6, 6.07) is 11.4. The van der Waals surface area contributed by atoms with Crippen molar-refractivity contribution in [1.82, 2.24) is 14.0 Å². The first kappa shape index (κ1) is 14.1. The fourth-order valence-corrected chi connectivity index (χ4v) is 2.65. The SMILES string of the molecule is O=c1n(C2COC(CO)O2)ccc2nc(-c3ccccc3)cn12. The number of nitrogens with zero attached hydrogens (tertiary/aromatic N) is 3. The summed E-state index contributed by atoms with van der Waals surface area (Å²) in [6.07, 6.45) is 2.10. The van der Waals surface area contributed by atoms with Gasteiger partial charge in [0.1, 0.15) is 5.65 Å². The van der Waals surface area contributed by atoms with Gasteiger partial charge in [-0.3, -0.25) is 8.97 Å². The van der Waals surface area contributed by atoms with E-state index in [-0.39, 0.29) is 18.9 Å². The van der Waals surface area contributed by atoms with Crippen molar-refractivity contribution in [1.29, 1.82) is 0 Å². The maximum Gasteiger partial charge on any atom is 0.336 e. The fourth-order valence-electron chi connectivity index (χ4n) is 2.65. The minimum atomic E-state index is -0.690. The Morgan fingerprint density at radius 1 is 1.26 bits per heavy atom. The summed E-state index contributed by atoms with van der Waals surface area (Å²) >= 11 is 0. The number of benzene rings is 1. The number of aliphatic hydroxyl groups excluding tert-OH is 1. The lowest BCUT2D eigenvalue weighted by molar-refractivity contribution is -0.0993. The van der Waals surface area contributed by atoms with E-state index in [4.69, 9.17) is 14.6 Å². The van der Waals surface area contributed by atoms with Gasteiger partial charge in [-0.2, -0.15) is 0 Å². The minimum absolute atomic E-state index is 0.219. The van der Waals surface area contributed by atoms with Gasteiger partial charge in [0.2, 0.25) is 0 Å². The Labute approximate surface area is 131 Å². The van der Waals surface area contributed by atoms with Crippen molar-refractivity contribution in [3.63, 3.8) is 0 Å². The molecule has 3 heterocycles. The monoisotopic (exact) mass is 313 g/mol. The van der Waals surface area contributed by atoms with Gasteiger partial charge >= 0.3 is 5.69 Å². The van der Waals surface area contributed by atoms with E-state index in [1.54, 1.807) is 18.5 Å². The summed E-state index contributed by atoms with van der Waals surface area (Å²) in [5.74, 6) is 0. The van der Waals surface area contributed by atoms with Gasteiger partial charge < -0.3 is 14.6 Å². The quantitative estimate of drug-likeness (QED) is 0.781. The van der Waals surface area contributed by atoms with E-state index >= 15 is 0 Å². The van der Waals surface area contributed by atoms with Crippen LogP contribution >= 0.6 is 0 Å². The molecule has 0 amide bonds. The third kappa shape index (κ3) is 2.44. The average molecular weight is 313 g/mol. The Morgan fingerprint density at radius 2 is 2.09 bits per heavy atom. The van der Waals surface area contributed by atoms with Crippen LogP contribution in [-0.4, -0.2) is 38.6 Å². The zero-order valence-corrected chi connectivity index (χ0v) is 12.2. The Bertz CT molecular complexity index is 887. The van der Waals surface area contributed by atoms with Crippen molar-refractivity contribution in [2.24, 2.45) is 0 Å². The highest BCUT2D eigenvalue weighted by atomic mass is 16.7. The molecule has 0 bridgehead atoms. The molecular formula is C16H15N3O4. The Hall–Kier alpha value is -2.48. The smallest absolute Gasteiger partial charge is 0.336 e. The van der Waals surface area contributed by atoms with E-state index in [1.807, 2.05) is 30.3 Å². The van der Waals surface area contributed by atoms with Crippen molar-refractivity contribution in [3.8, 4) is 11.3 Å². The van der Waals surface area contributed by atoms with E-state index < -0.39 is 12.5 Å². The van der Waals surface area contributed by atoms with Gasteiger partial charge in [0.05, 0.1) is 18.9 Å². The van der Waals surface area contributed by atoms with Gasteiger partial charge in [0.25, 0.3) is 0 Å². The molecule has 1 aromatic carbocycles. The summed E-state index contributed by atoms with van der Waals surface area (Å²) in [5, 5.41) is 9.05. The molecule has 0 spiro atoms. The number of rotatable bonds is 3. The average Bonchev–Trinajstić information content (AvgIpc) is 3.23. The van der Waals surface area contributed by atoms with Crippen molar-refractivity contribution < 1.29 is 14.6 Å². The summed E-state index contributed by atoms with van der Waals surface area (Å²) < 4.78 is 13.7. The predicted octanol–water partition coefficient (Wildman–Crippen LogP) is 1.03. The zero-order valence-electron chi connectivity index (χ0n) is 12.2. The molecule has 1 N–H and O–H groups in total. The first-order chi connectivity index (χ1) is 11.3. The molecule has 0 saturated carbocycles. The number of aliphatic hydroxyl groups is 1. The van der Waals surface area contributed by atoms with Crippen LogP contribution < -0.4 is 5.69 Å². The first-order valence-electron chi connectivity index (χ1n) is 7.30. The normalized spacial score (nSPS) is 21.1. The highest BCUT2D eigenvalue weighted by molar-refractivity contribution is 5.62. The lowest BCUT2D eigenvalue weighted by Crippen LogP contribution is -2.30. The standard InChI is InChI=1S/C16H15N3O4/c20-9-15-22-10-14(23-15)18-7-6-13-17-12(8-19(13)16(18)21)11-4-2-1-3-5-11/h1-8,14-15,20H,9-10H2. The molecule has 1 fully saturated rings. The van der Waals surface area contributed by atoms with Gasteiger partial charge in [-0.05, 0) is 6.07 Å². The molecular weight excluding hydrogens is 298 g/mol. The molecule has 2 aromatic heterocycles. The van der Waals surface area contributed by atoms with Crippen molar-refractivity contribution in [2.75, 3.05) is 13.2 Å². The second kappa shape index (κ2) is 5.62. The molecule has 118 valence electrons. The molecule has 23 heavy (non-hydrogen) atoms. The summed E-state index contributed by atoms with van der Waals surface area (Å²) in [6.45, 7) is -0.0202. The van der Waals surface area contributed by atoms with Gasteiger partial charge in [0.15, 0.2) is 12.5 Å².